The van der Waals surface area contributed by atoms with Crippen LogP contribution >= 0.6 is 11.3 Å². The second kappa shape index (κ2) is 5.94. The predicted molar refractivity (Wildman–Crippen MR) is 89.4 cm³/mol. The molecule has 0 fully saturated rings. The third-order valence-electron chi connectivity index (χ3n) is 4.16. The third kappa shape index (κ3) is 2.77. The van der Waals surface area contributed by atoms with Gasteiger partial charge in [-0.3, -0.25) is 4.79 Å². The van der Waals surface area contributed by atoms with Gasteiger partial charge in [0.1, 0.15) is 11.1 Å². The minimum Gasteiger partial charge on any atom is -0.312 e. The first-order valence-corrected chi connectivity index (χ1v) is 8.32. The van der Waals surface area contributed by atoms with Gasteiger partial charge in [-0.2, -0.15) is 5.26 Å². The van der Waals surface area contributed by atoms with Gasteiger partial charge in [0.15, 0.2) is 0 Å². The molecule has 1 atom stereocenters. The molecule has 0 unspecified atom stereocenters. The maximum Gasteiger partial charge on any atom is 0.256 e. The van der Waals surface area contributed by atoms with Crippen LogP contribution in [0.5, 0.6) is 0 Å². The lowest BCUT2D eigenvalue weighted by Gasteiger charge is -2.17. The SMILES string of the molecule is Cc1ccc(C(=O)Nc2sc3c(c2C#N)CC[C@H](C)C3)cc1. The minimum absolute atomic E-state index is 0.150. The molecule has 1 aliphatic carbocycles. The fourth-order valence-corrected chi connectivity index (χ4v) is 4.19. The quantitative estimate of drug-likeness (QED) is 0.899. The number of nitrogens with zero attached hydrogens (tertiary/aromatic N) is 1. The number of aryl methyl sites for hydroxylation is 1. The molecule has 1 aromatic carbocycles. The summed E-state index contributed by atoms with van der Waals surface area (Å²) in [4.78, 5) is 13.6. The molecular formula is C18H18N2OS. The standard InChI is InChI=1S/C18H18N2OS/c1-11-3-6-13(7-4-11)17(21)20-18-15(10-19)14-8-5-12(2)9-16(14)22-18/h3-4,6-7,12H,5,8-9H2,1-2H3,(H,20,21)/t12-/m0/s1. The van der Waals surface area contributed by atoms with Crippen LogP contribution in [0, 0.1) is 24.2 Å². The highest BCUT2D eigenvalue weighted by atomic mass is 32.1. The van der Waals surface area contributed by atoms with Crippen LogP contribution in [0.1, 0.15) is 45.3 Å². The Bertz CT molecular complexity index is 753. The first-order chi connectivity index (χ1) is 10.6. The highest BCUT2D eigenvalue weighted by molar-refractivity contribution is 7.16. The van der Waals surface area contributed by atoms with Crippen molar-refractivity contribution >= 4 is 22.2 Å². The molecule has 0 aliphatic heterocycles. The summed E-state index contributed by atoms with van der Waals surface area (Å²) < 4.78 is 0. The molecule has 1 heterocycles. The molecule has 22 heavy (non-hydrogen) atoms. The Morgan fingerprint density at radius 2 is 2.09 bits per heavy atom. The summed E-state index contributed by atoms with van der Waals surface area (Å²) >= 11 is 1.56. The molecular weight excluding hydrogens is 292 g/mol. The van der Waals surface area contributed by atoms with Gasteiger partial charge in [0.2, 0.25) is 0 Å². The lowest BCUT2D eigenvalue weighted by Crippen LogP contribution is -2.12. The molecule has 4 heteroatoms. The van der Waals surface area contributed by atoms with E-state index in [0.717, 1.165) is 30.4 Å². The summed E-state index contributed by atoms with van der Waals surface area (Å²) in [7, 11) is 0. The number of hydrogen-bond donors (Lipinski definition) is 1. The Balaban J connectivity index is 1.88. The van der Waals surface area contributed by atoms with Crippen LogP contribution in [-0.2, 0) is 12.8 Å². The number of nitriles is 1. The Labute approximate surface area is 134 Å². The van der Waals surface area contributed by atoms with Crippen molar-refractivity contribution in [2.45, 2.75) is 33.1 Å². The monoisotopic (exact) mass is 310 g/mol. The van der Waals surface area contributed by atoms with Crippen molar-refractivity contribution in [3.05, 3.63) is 51.4 Å². The predicted octanol–water partition coefficient (Wildman–Crippen LogP) is 4.31. The average Bonchev–Trinajstić information content (AvgIpc) is 2.83. The van der Waals surface area contributed by atoms with E-state index in [9.17, 15) is 10.1 Å². The molecule has 0 saturated heterocycles. The molecule has 0 spiro atoms. The summed E-state index contributed by atoms with van der Waals surface area (Å²) in [6.07, 6.45) is 3.06. The molecule has 1 aromatic heterocycles. The van der Waals surface area contributed by atoms with Gasteiger partial charge in [0.25, 0.3) is 5.91 Å². The number of rotatable bonds is 2. The van der Waals surface area contributed by atoms with Crippen LogP contribution in [0.25, 0.3) is 0 Å². The highest BCUT2D eigenvalue weighted by Crippen LogP contribution is 2.39. The lowest BCUT2D eigenvalue weighted by molar-refractivity contribution is 0.102. The van der Waals surface area contributed by atoms with Gasteiger partial charge in [-0.15, -0.1) is 11.3 Å². The number of carbonyl (C=O) groups is 1. The molecule has 0 radical (unpaired) electrons. The van der Waals surface area contributed by atoms with Crippen molar-refractivity contribution in [2.75, 3.05) is 5.32 Å². The summed E-state index contributed by atoms with van der Waals surface area (Å²) in [5, 5.41) is 13.1. The summed E-state index contributed by atoms with van der Waals surface area (Å²) in [6, 6.07) is 9.74. The summed E-state index contributed by atoms with van der Waals surface area (Å²) in [5.41, 5.74) is 3.54. The van der Waals surface area contributed by atoms with Gasteiger partial charge in [-0.05, 0) is 49.8 Å². The molecule has 1 N–H and O–H groups in total. The van der Waals surface area contributed by atoms with Crippen molar-refractivity contribution in [2.24, 2.45) is 5.92 Å². The fourth-order valence-electron chi connectivity index (χ4n) is 2.84. The molecule has 2 aromatic rings. The van der Waals surface area contributed by atoms with Gasteiger partial charge in [0.05, 0.1) is 5.56 Å². The van der Waals surface area contributed by atoms with Crippen molar-refractivity contribution in [1.29, 1.82) is 5.26 Å². The van der Waals surface area contributed by atoms with E-state index >= 15 is 0 Å². The second-order valence-electron chi connectivity index (χ2n) is 5.99. The smallest absolute Gasteiger partial charge is 0.256 e. The fraction of sp³-hybridized carbons (Fsp3) is 0.333. The van der Waals surface area contributed by atoms with Crippen LogP contribution in [0.3, 0.4) is 0 Å². The summed E-state index contributed by atoms with van der Waals surface area (Å²) in [6.45, 7) is 4.23. The number of nitrogens with one attached hydrogen (secondary N) is 1. The summed E-state index contributed by atoms with van der Waals surface area (Å²) in [5.74, 6) is 0.501. The Kier molecular flexibility index (Phi) is 4.00. The zero-order chi connectivity index (χ0) is 15.7. The molecule has 0 bridgehead atoms. The van der Waals surface area contributed by atoms with E-state index in [1.165, 1.54) is 4.88 Å². The van der Waals surface area contributed by atoms with Gasteiger partial charge in [-0.25, -0.2) is 0 Å². The van der Waals surface area contributed by atoms with E-state index in [-0.39, 0.29) is 5.91 Å². The number of amides is 1. The number of benzene rings is 1. The average molecular weight is 310 g/mol. The Morgan fingerprint density at radius 3 is 2.77 bits per heavy atom. The number of anilines is 1. The van der Waals surface area contributed by atoms with Gasteiger partial charge >= 0.3 is 0 Å². The number of hydrogen-bond acceptors (Lipinski definition) is 3. The van der Waals surface area contributed by atoms with Crippen molar-refractivity contribution in [1.82, 2.24) is 0 Å². The zero-order valence-electron chi connectivity index (χ0n) is 12.8. The molecule has 1 aliphatic rings. The van der Waals surface area contributed by atoms with E-state index in [1.807, 2.05) is 31.2 Å². The van der Waals surface area contributed by atoms with Crippen LogP contribution in [0.4, 0.5) is 5.00 Å². The number of carbonyl (C=O) groups excluding carboxylic acids is 1. The number of fused-ring (bicyclic) bond motifs is 1. The maximum atomic E-state index is 12.4. The second-order valence-corrected chi connectivity index (χ2v) is 7.09. The van der Waals surface area contributed by atoms with E-state index in [1.54, 1.807) is 11.3 Å². The molecule has 112 valence electrons. The van der Waals surface area contributed by atoms with Crippen LogP contribution in [0.2, 0.25) is 0 Å². The van der Waals surface area contributed by atoms with Crippen LogP contribution < -0.4 is 5.32 Å². The van der Waals surface area contributed by atoms with Crippen LogP contribution in [-0.4, -0.2) is 5.91 Å². The van der Waals surface area contributed by atoms with E-state index < -0.39 is 0 Å². The van der Waals surface area contributed by atoms with E-state index in [0.29, 0.717) is 22.0 Å². The Hall–Kier alpha value is -2.12. The first-order valence-electron chi connectivity index (χ1n) is 7.51. The van der Waals surface area contributed by atoms with Gasteiger partial charge < -0.3 is 5.32 Å². The maximum absolute atomic E-state index is 12.4. The molecule has 3 nitrogen and oxygen atoms in total. The lowest BCUT2D eigenvalue weighted by atomic mass is 9.88. The normalized spacial score (nSPS) is 16.7. The van der Waals surface area contributed by atoms with Crippen molar-refractivity contribution in [3.63, 3.8) is 0 Å². The largest absolute Gasteiger partial charge is 0.312 e. The number of thiophene rings is 1. The van der Waals surface area contributed by atoms with E-state index in [2.05, 4.69) is 18.3 Å². The molecule has 0 saturated carbocycles. The topological polar surface area (TPSA) is 52.9 Å². The molecule has 3 rings (SSSR count). The zero-order valence-corrected chi connectivity index (χ0v) is 13.6. The van der Waals surface area contributed by atoms with E-state index in [4.69, 9.17) is 0 Å². The minimum atomic E-state index is -0.150. The Morgan fingerprint density at radius 1 is 1.36 bits per heavy atom. The van der Waals surface area contributed by atoms with Crippen LogP contribution in [0.15, 0.2) is 24.3 Å². The highest BCUT2D eigenvalue weighted by Gasteiger charge is 2.24. The molecule has 1 amide bonds. The first kappa shape index (κ1) is 14.8. The van der Waals surface area contributed by atoms with Gasteiger partial charge in [0, 0.05) is 10.4 Å². The van der Waals surface area contributed by atoms with Crippen molar-refractivity contribution in [3.8, 4) is 6.07 Å². The van der Waals surface area contributed by atoms with Gasteiger partial charge in [-0.1, -0.05) is 24.6 Å². The van der Waals surface area contributed by atoms with Crippen molar-refractivity contribution < 1.29 is 4.79 Å². The third-order valence-corrected chi connectivity index (χ3v) is 5.33.